The van der Waals surface area contributed by atoms with E-state index in [9.17, 15) is 4.79 Å². The number of amides is 1. The Bertz CT molecular complexity index is 1190. The fourth-order valence-electron chi connectivity index (χ4n) is 4.54. The van der Waals surface area contributed by atoms with Crippen LogP contribution in [0.5, 0.6) is 11.5 Å². The summed E-state index contributed by atoms with van der Waals surface area (Å²) in [4.78, 5) is 12.6. The average Bonchev–Trinajstić information content (AvgIpc) is 3.27. The number of furan rings is 1. The lowest BCUT2D eigenvalue weighted by molar-refractivity contribution is 0.0833. The molecule has 0 unspecified atom stereocenters. The molecular formula is C28H33NO4. The first-order valence-corrected chi connectivity index (χ1v) is 11.5. The Balaban J connectivity index is 1.49. The number of hydrogen-bond acceptors (Lipinski definition) is 4. The van der Waals surface area contributed by atoms with E-state index < -0.39 is 0 Å². The highest BCUT2D eigenvalue weighted by molar-refractivity contribution is 5.91. The van der Waals surface area contributed by atoms with E-state index in [1.165, 1.54) is 27.8 Å². The van der Waals surface area contributed by atoms with Crippen molar-refractivity contribution in [1.82, 2.24) is 5.32 Å². The standard InChI is InChI=1S/C28H33NO4/c1-17-18(2)26-23(12-13-28(4,5)33-26)19(3)24(17)15-22-10-11-25(32-22)27(30)29-16-20-8-7-9-21(14-20)31-6/h7-11,14H,12-13,15-16H2,1-6H3,(H,29,30). The normalized spacial score (nSPS) is 14.4. The van der Waals surface area contributed by atoms with E-state index in [-0.39, 0.29) is 11.5 Å². The van der Waals surface area contributed by atoms with Crippen molar-refractivity contribution in [3.63, 3.8) is 0 Å². The van der Waals surface area contributed by atoms with Crippen molar-refractivity contribution in [2.45, 2.75) is 66.0 Å². The fourth-order valence-corrected chi connectivity index (χ4v) is 4.54. The summed E-state index contributed by atoms with van der Waals surface area (Å²) in [5.41, 5.74) is 7.08. The number of fused-ring (bicyclic) bond motifs is 1. The Morgan fingerprint density at radius 3 is 2.64 bits per heavy atom. The number of rotatable bonds is 6. The first-order chi connectivity index (χ1) is 15.7. The maximum absolute atomic E-state index is 12.6. The first-order valence-electron chi connectivity index (χ1n) is 11.5. The number of methoxy groups -OCH3 is 1. The molecule has 3 aromatic rings. The van der Waals surface area contributed by atoms with Gasteiger partial charge >= 0.3 is 0 Å². The van der Waals surface area contributed by atoms with Gasteiger partial charge in [0, 0.05) is 13.0 Å². The van der Waals surface area contributed by atoms with Crippen LogP contribution in [0, 0.1) is 20.8 Å². The number of nitrogens with one attached hydrogen (secondary N) is 1. The maximum Gasteiger partial charge on any atom is 0.287 e. The minimum absolute atomic E-state index is 0.133. The summed E-state index contributed by atoms with van der Waals surface area (Å²) in [6.45, 7) is 11.2. The first kappa shape index (κ1) is 23.0. The number of ether oxygens (including phenoxy) is 2. The van der Waals surface area contributed by atoms with Crippen LogP contribution < -0.4 is 14.8 Å². The average molecular weight is 448 g/mol. The van der Waals surface area contributed by atoms with Gasteiger partial charge < -0.3 is 19.2 Å². The number of carbonyl (C=O) groups excluding carboxylic acids is 1. The molecule has 0 aliphatic carbocycles. The number of carbonyl (C=O) groups is 1. The molecule has 5 heteroatoms. The van der Waals surface area contributed by atoms with Gasteiger partial charge in [-0.15, -0.1) is 0 Å². The molecule has 0 radical (unpaired) electrons. The minimum atomic E-state index is -0.227. The summed E-state index contributed by atoms with van der Waals surface area (Å²) in [5.74, 6) is 2.69. The molecule has 0 bridgehead atoms. The van der Waals surface area contributed by atoms with E-state index in [0.29, 0.717) is 18.7 Å². The molecule has 5 nitrogen and oxygen atoms in total. The van der Waals surface area contributed by atoms with Gasteiger partial charge in [-0.2, -0.15) is 0 Å². The highest BCUT2D eigenvalue weighted by Gasteiger charge is 2.30. The van der Waals surface area contributed by atoms with Gasteiger partial charge in [-0.1, -0.05) is 12.1 Å². The smallest absolute Gasteiger partial charge is 0.287 e. The Labute approximate surface area is 196 Å². The molecule has 0 spiro atoms. The summed E-state index contributed by atoms with van der Waals surface area (Å²) in [6.07, 6.45) is 2.66. The van der Waals surface area contributed by atoms with Crippen LogP contribution in [-0.4, -0.2) is 18.6 Å². The molecule has 33 heavy (non-hydrogen) atoms. The van der Waals surface area contributed by atoms with Crippen molar-refractivity contribution in [3.05, 3.63) is 81.3 Å². The second-order valence-electron chi connectivity index (χ2n) is 9.50. The summed E-state index contributed by atoms with van der Waals surface area (Å²) in [7, 11) is 1.63. The zero-order chi connectivity index (χ0) is 23.8. The van der Waals surface area contributed by atoms with Gasteiger partial charge in [0.05, 0.1) is 7.11 Å². The second kappa shape index (κ2) is 8.97. The largest absolute Gasteiger partial charge is 0.497 e. The lowest BCUT2D eigenvalue weighted by Gasteiger charge is -2.35. The molecule has 2 aromatic carbocycles. The highest BCUT2D eigenvalue weighted by Crippen LogP contribution is 2.41. The maximum atomic E-state index is 12.6. The van der Waals surface area contributed by atoms with E-state index in [2.05, 4.69) is 39.9 Å². The van der Waals surface area contributed by atoms with Gasteiger partial charge in [-0.3, -0.25) is 4.79 Å². The monoisotopic (exact) mass is 447 g/mol. The molecule has 1 amide bonds. The lowest BCUT2D eigenvalue weighted by Crippen LogP contribution is -2.33. The van der Waals surface area contributed by atoms with Gasteiger partial charge in [-0.05, 0) is 105 Å². The van der Waals surface area contributed by atoms with Gasteiger partial charge in [0.15, 0.2) is 5.76 Å². The van der Waals surface area contributed by atoms with Crippen molar-refractivity contribution >= 4 is 5.91 Å². The van der Waals surface area contributed by atoms with Crippen LogP contribution in [0.15, 0.2) is 40.8 Å². The minimum Gasteiger partial charge on any atom is -0.497 e. The van der Waals surface area contributed by atoms with Crippen LogP contribution in [0.4, 0.5) is 0 Å². The molecule has 0 saturated heterocycles. The van der Waals surface area contributed by atoms with E-state index in [1.54, 1.807) is 13.2 Å². The molecule has 1 aliphatic rings. The molecule has 0 fully saturated rings. The highest BCUT2D eigenvalue weighted by atomic mass is 16.5. The molecule has 174 valence electrons. The molecule has 4 rings (SSSR count). The third-order valence-electron chi connectivity index (χ3n) is 6.71. The quantitative estimate of drug-likeness (QED) is 0.516. The van der Waals surface area contributed by atoms with Gasteiger partial charge in [0.2, 0.25) is 0 Å². The Kier molecular flexibility index (Phi) is 6.24. The zero-order valence-electron chi connectivity index (χ0n) is 20.4. The third kappa shape index (κ3) is 4.77. The van der Waals surface area contributed by atoms with E-state index in [1.807, 2.05) is 30.3 Å². The predicted octanol–water partition coefficient (Wildman–Crippen LogP) is 5.84. The van der Waals surface area contributed by atoms with Crippen LogP contribution >= 0.6 is 0 Å². The number of hydrogen-bond donors (Lipinski definition) is 1. The predicted molar refractivity (Wildman–Crippen MR) is 129 cm³/mol. The second-order valence-corrected chi connectivity index (χ2v) is 9.50. The van der Waals surface area contributed by atoms with Crippen LogP contribution in [-0.2, 0) is 19.4 Å². The molecule has 0 saturated carbocycles. The molecule has 1 N–H and O–H groups in total. The molecular weight excluding hydrogens is 414 g/mol. The van der Waals surface area contributed by atoms with Crippen LogP contribution in [0.25, 0.3) is 0 Å². The summed E-state index contributed by atoms with van der Waals surface area (Å²) in [5, 5.41) is 2.92. The van der Waals surface area contributed by atoms with Crippen molar-refractivity contribution in [1.29, 1.82) is 0 Å². The lowest BCUT2D eigenvalue weighted by atomic mass is 9.84. The SMILES string of the molecule is COc1cccc(CNC(=O)c2ccc(Cc3c(C)c(C)c4c(c3C)CCC(C)(C)O4)o2)c1. The summed E-state index contributed by atoms with van der Waals surface area (Å²) in [6, 6.07) is 11.3. The van der Waals surface area contributed by atoms with Crippen molar-refractivity contribution in [2.75, 3.05) is 7.11 Å². The Hall–Kier alpha value is -3.21. The van der Waals surface area contributed by atoms with E-state index in [0.717, 1.165) is 35.7 Å². The topological polar surface area (TPSA) is 60.7 Å². The Morgan fingerprint density at radius 1 is 1.09 bits per heavy atom. The van der Waals surface area contributed by atoms with Gasteiger partial charge in [0.25, 0.3) is 5.91 Å². The molecule has 0 atom stereocenters. The summed E-state index contributed by atoms with van der Waals surface area (Å²) < 4.78 is 17.5. The fraction of sp³-hybridized carbons (Fsp3) is 0.393. The van der Waals surface area contributed by atoms with Gasteiger partial charge in [0.1, 0.15) is 22.9 Å². The van der Waals surface area contributed by atoms with Crippen molar-refractivity contribution in [3.8, 4) is 11.5 Å². The van der Waals surface area contributed by atoms with E-state index in [4.69, 9.17) is 13.9 Å². The Morgan fingerprint density at radius 2 is 1.88 bits per heavy atom. The third-order valence-corrected chi connectivity index (χ3v) is 6.71. The zero-order valence-corrected chi connectivity index (χ0v) is 20.4. The molecule has 2 heterocycles. The molecule has 1 aliphatic heterocycles. The summed E-state index contributed by atoms with van der Waals surface area (Å²) >= 11 is 0. The van der Waals surface area contributed by atoms with Crippen LogP contribution in [0.1, 0.15) is 70.0 Å². The van der Waals surface area contributed by atoms with Crippen molar-refractivity contribution < 1.29 is 18.7 Å². The van der Waals surface area contributed by atoms with E-state index >= 15 is 0 Å². The van der Waals surface area contributed by atoms with Gasteiger partial charge in [-0.25, -0.2) is 0 Å². The van der Waals surface area contributed by atoms with Crippen molar-refractivity contribution in [2.24, 2.45) is 0 Å². The van der Waals surface area contributed by atoms with Crippen LogP contribution in [0.2, 0.25) is 0 Å². The number of benzene rings is 2. The van der Waals surface area contributed by atoms with Crippen LogP contribution in [0.3, 0.4) is 0 Å². The molecule has 1 aromatic heterocycles.